The average Bonchev–Trinajstić information content (AvgIpc) is 2.32. The first kappa shape index (κ1) is 11.5. The predicted octanol–water partition coefficient (Wildman–Crippen LogP) is 4.16. The summed E-state index contributed by atoms with van der Waals surface area (Å²) in [7, 11) is 0. The maximum absolute atomic E-state index is 12.3. The molecule has 0 aliphatic rings. The van der Waals surface area contributed by atoms with E-state index in [2.05, 4.69) is 45.2 Å². The molecule has 0 fully saturated rings. The van der Waals surface area contributed by atoms with E-state index in [1.807, 2.05) is 36.4 Å². The van der Waals surface area contributed by atoms with Gasteiger partial charge >= 0.3 is 0 Å². The van der Waals surface area contributed by atoms with Gasteiger partial charge in [0.15, 0.2) is 0 Å². The fraction of sp³-hybridized carbons (Fsp3) is 0. The van der Waals surface area contributed by atoms with Crippen LogP contribution in [-0.2, 0) is 0 Å². The van der Waals surface area contributed by atoms with Crippen molar-refractivity contribution in [2.24, 2.45) is 0 Å². The summed E-state index contributed by atoms with van der Waals surface area (Å²) in [5, 5.41) is 1.29. The van der Waals surface area contributed by atoms with E-state index >= 15 is 0 Å². The molecule has 0 saturated heterocycles. The van der Waals surface area contributed by atoms with Gasteiger partial charge in [-0.1, -0.05) is 0 Å². The van der Waals surface area contributed by atoms with Crippen LogP contribution in [0.1, 0.15) is 0 Å². The van der Waals surface area contributed by atoms with Crippen molar-refractivity contribution in [1.82, 2.24) is 0 Å². The minimum atomic E-state index is 0.0401. The van der Waals surface area contributed by atoms with Crippen LogP contribution in [0.3, 0.4) is 0 Å². The molecule has 0 aliphatic carbocycles. The highest BCUT2D eigenvalue weighted by Gasteiger charge is 2.08. The minimum absolute atomic E-state index is 0.0401. The Labute approximate surface area is 124 Å². The van der Waals surface area contributed by atoms with E-state index < -0.39 is 0 Å². The molecule has 0 amide bonds. The second kappa shape index (κ2) is 4.24. The number of hydrogen-bond acceptors (Lipinski definition) is 2. The first-order valence-electron chi connectivity index (χ1n) is 4.97. The predicted molar refractivity (Wildman–Crippen MR) is 85.4 cm³/mol. The van der Waals surface area contributed by atoms with E-state index in [0.29, 0.717) is 21.9 Å². The first-order chi connectivity index (χ1) is 8.15. The van der Waals surface area contributed by atoms with Crippen molar-refractivity contribution in [3.8, 4) is 0 Å². The molecule has 0 spiro atoms. The molecule has 1 heterocycles. The lowest BCUT2D eigenvalue weighted by Crippen LogP contribution is -2.02. The third kappa shape index (κ3) is 1.97. The summed E-state index contributed by atoms with van der Waals surface area (Å²) in [6.45, 7) is 0. The van der Waals surface area contributed by atoms with Crippen molar-refractivity contribution in [3.63, 3.8) is 0 Å². The van der Waals surface area contributed by atoms with Crippen LogP contribution in [-0.4, -0.2) is 0 Å². The van der Waals surface area contributed by atoms with Gasteiger partial charge in [-0.05, 0) is 81.6 Å². The highest BCUT2D eigenvalue weighted by molar-refractivity contribution is 14.1. The molecule has 3 rings (SSSR count). The van der Waals surface area contributed by atoms with E-state index in [9.17, 15) is 4.79 Å². The maximum Gasteiger partial charge on any atom is 0.200 e. The Morgan fingerprint density at radius 3 is 1.76 bits per heavy atom. The van der Waals surface area contributed by atoms with Crippen molar-refractivity contribution in [3.05, 3.63) is 53.8 Å². The second-order valence-corrected chi connectivity index (χ2v) is 6.20. The van der Waals surface area contributed by atoms with Crippen molar-refractivity contribution in [2.45, 2.75) is 0 Å². The van der Waals surface area contributed by atoms with Crippen LogP contribution in [0.25, 0.3) is 21.9 Å². The van der Waals surface area contributed by atoms with Gasteiger partial charge in [0.1, 0.15) is 11.2 Å². The SMILES string of the molecule is O=c1c2cc(I)ccc2oc2ccc(I)cc12. The van der Waals surface area contributed by atoms with Crippen molar-refractivity contribution in [2.75, 3.05) is 0 Å². The zero-order valence-corrected chi connectivity index (χ0v) is 12.9. The smallest absolute Gasteiger partial charge is 0.200 e. The molecule has 84 valence electrons. The second-order valence-electron chi connectivity index (χ2n) is 3.71. The third-order valence-corrected chi connectivity index (χ3v) is 3.93. The van der Waals surface area contributed by atoms with Crippen LogP contribution >= 0.6 is 45.2 Å². The summed E-state index contributed by atoms with van der Waals surface area (Å²) in [5.41, 5.74) is 1.33. The van der Waals surface area contributed by atoms with Crippen molar-refractivity contribution >= 4 is 67.1 Å². The zero-order valence-electron chi connectivity index (χ0n) is 8.54. The van der Waals surface area contributed by atoms with Gasteiger partial charge in [0.2, 0.25) is 5.43 Å². The van der Waals surface area contributed by atoms with Crippen LogP contribution in [0.2, 0.25) is 0 Å². The van der Waals surface area contributed by atoms with E-state index in [4.69, 9.17) is 4.42 Å². The summed E-state index contributed by atoms with van der Waals surface area (Å²) in [6.07, 6.45) is 0. The standard InChI is InChI=1S/C13H6I2O2/c14-7-1-3-11-9(5-7)13(16)10-6-8(15)2-4-12(10)17-11/h1-6H. The Morgan fingerprint density at radius 2 is 1.29 bits per heavy atom. The summed E-state index contributed by atoms with van der Waals surface area (Å²) >= 11 is 4.39. The molecular weight excluding hydrogens is 442 g/mol. The molecule has 3 aromatic rings. The highest BCUT2D eigenvalue weighted by atomic mass is 127. The summed E-state index contributed by atoms with van der Waals surface area (Å²) < 4.78 is 7.80. The van der Waals surface area contributed by atoms with Gasteiger partial charge in [0, 0.05) is 7.14 Å². The van der Waals surface area contributed by atoms with Gasteiger partial charge in [0.25, 0.3) is 0 Å². The normalized spacial score (nSPS) is 11.2. The van der Waals surface area contributed by atoms with Crippen LogP contribution in [0, 0.1) is 7.14 Å². The number of halogens is 2. The van der Waals surface area contributed by atoms with Gasteiger partial charge in [-0.2, -0.15) is 0 Å². The Morgan fingerprint density at radius 1 is 0.824 bits per heavy atom. The van der Waals surface area contributed by atoms with E-state index in [-0.39, 0.29) is 5.43 Å². The Kier molecular flexibility index (Phi) is 2.86. The number of fused-ring (bicyclic) bond motifs is 2. The van der Waals surface area contributed by atoms with Crippen LogP contribution in [0.4, 0.5) is 0 Å². The number of benzene rings is 2. The summed E-state index contributed by atoms with van der Waals surface area (Å²) in [6, 6.07) is 11.3. The fourth-order valence-electron chi connectivity index (χ4n) is 1.80. The Bertz CT molecular complexity index is 727. The topological polar surface area (TPSA) is 30.2 Å². The van der Waals surface area contributed by atoms with E-state index in [1.165, 1.54) is 0 Å². The van der Waals surface area contributed by atoms with Crippen LogP contribution in [0.5, 0.6) is 0 Å². The van der Waals surface area contributed by atoms with Crippen LogP contribution in [0.15, 0.2) is 45.6 Å². The lowest BCUT2D eigenvalue weighted by Gasteiger charge is -2.02. The van der Waals surface area contributed by atoms with Gasteiger partial charge in [-0.25, -0.2) is 0 Å². The van der Waals surface area contributed by atoms with Gasteiger partial charge < -0.3 is 4.42 Å². The van der Waals surface area contributed by atoms with Gasteiger partial charge in [-0.15, -0.1) is 0 Å². The molecule has 1 aromatic heterocycles. The molecule has 2 aromatic carbocycles. The molecule has 0 aliphatic heterocycles. The highest BCUT2D eigenvalue weighted by Crippen LogP contribution is 2.21. The lowest BCUT2D eigenvalue weighted by atomic mass is 10.1. The van der Waals surface area contributed by atoms with Gasteiger partial charge in [0.05, 0.1) is 10.8 Å². The molecule has 0 bridgehead atoms. The third-order valence-electron chi connectivity index (χ3n) is 2.59. The molecule has 4 heteroatoms. The average molecular weight is 448 g/mol. The summed E-state index contributed by atoms with van der Waals surface area (Å²) in [5.74, 6) is 0. The minimum Gasteiger partial charge on any atom is -0.456 e. The molecular formula is C13H6I2O2. The van der Waals surface area contributed by atoms with E-state index in [0.717, 1.165) is 7.14 Å². The Balaban J connectivity index is 2.58. The largest absolute Gasteiger partial charge is 0.456 e. The molecule has 0 unspecified atom stereocenters. The number of hydrogen-bond donors (Lipinski definition) is 0. The lowest BCUT2D eigenvalue weighted by molar-refractivity contribution is 0.660. The first-order valence-corrected chi connectivity index (χ1v) is 7.12. The van der Waals surface area contributed by atoms with Crippen LogP contribution < -0.4 is 5.43 Å². The molecule has 17 heavy (non-hydrogen) atoms. The molecule has 0 radical (unpaired) electrons. The maximum atomic E-state index is 12.3. The molecule has 0 N–H and O–H groups in total. The molecule has 0 saturated carbocycles. The zero-order chi connectivity index (χ0) is 12.0. The summed E-state index contributed by atoms with van der Waals surface area (Å²) in [4.78, 5) is 12.3. The van der Waals surface area contributed by atoms with E-state index in [1.54, 1.807) is 0 Å². The Hall–Kier alpha value is -0.630. The van der Waals surface area contributed by atoms with Gasteiger partial charge in [-0.3, -0.25) is 4.79 Å². The fourth-order valence-corrected chi connectivity index (χ4v) is 2.78. The molecule has 2 nitrogen and oxygen atoms in total. The monoisotopic (exact) mass is 448 g/mol. The molecule has 0 atom stereocenters. The van der Waals surface area contributed by atoms with Crippen molar-refractivity contribution in [1.29, 1.82) is 0 Å². The quantitative estimate of drug-likeness (QED) is 0.382. The van der Waals surface area contributed by atoms with Crippen molar-refractivity contribution < 1.29 is 4.42 Å². The number of rotatable bonds is 0.